The first-order valence-electron chi connectivity index (χ1n) is 6.13. The lowest BCUT2D eigenvalue weighted by atomic mass is 10.0. The van der Waals surface area contributed by atoms with E-state index in [1.54, 1.807) is 6.07 Å². The topological polar surface area (TPSA) is 77.8 Å². The first-order chi connectivity index (χ1) is 9.52. The Balaban J connectivity index is 2.35. The van der Waals surface area contributed by atoms with Crippen molar-refractivity contribution in [3.63, 3.8) is 0 Å². The normalized spacial score (nSPS) is 10.9. The Kier molecular flexibility index (Phi) is 2.95. The highest BCUT2D eigenvalue weighted by Gasteiger charge is 2.10. The van der Waals surface area contributed by atoms with Crippen LogP contribution in [0.1, 0.15) is 5.56 Å². The quantitative estimate of drug-likeness (QED) is 0.671. The van der Waals surface area contributed by atoms with Crippen LogP contribution >= 0.6 is 11.6 Å². The Morgan fingerprint density at radius 3 is 2.55 bits per heavy atom. The van der Waals surface area contributed by atoms with E-state index in [9.17, 15) is 0 Å². The standard InChI is InChI=1S/C15H13ClN4/c1-8-2-3-12-13(4-8)19-15(18)20-14(12)9-5-10(16)7-11(17)6-9/h2-7H,17H2,1H3,(H2,18,19,20). The van der Waals surface area contributed by atoms with Gasteiger partial charge < -0.3 is 11.5 Å². The summed E-state index contributed by atoms with van der Waals surface area (Å²) in [5.41, 5.74) is 15.7. The van der Waals surface area contributed by atoms with Gasteiger partial charge >= 0.3 is 0 Å². The van der Waals surface area contributed by atoms with E-state index in [2.05, 4.69) is 9.97 Å². The van der Waals surface area contributed by atoms with Crippen molar-refractivity contribution >= 4 is 34.1 Å². The highest BCUT2D eigenvalue weighted by molar-refractivity contribution is 6.31. The second-order valence-electron chi connectivity index (χ2n) is 4.72. The van der Waals surface area contributed by atoms with E-state index in [4.69, 9.17) is 23.1 Å². The number of aromatic nitrogens is 2. The summed E-state index contributed by atoms with van der Waals surface area (Å²) in [6.07, 6.45) is 0. The summed E-state index contributed by atoms with van der Waals surface area (Å²) < 4.78 is 0. The smallest absolute Gasteiger partial charge is 0.221 e. The molecule has 100 valence electrons. The van der Waals surface area contributed by atoms with Gasteiger partial charge in [-0.2, -0.15) is 0 Å². The summed E-state index contributed by atoms with van der Waals surface area (Å²) in [7, 11) is 0. The summed E-state index contributed by atoms with van der Waals surface area (Å²) in [6.45, 7) is 2.01. The monoisotopic (exact) mass is 284 g/mol. The van der Waals surface area contributed by atoms with Crippen LogP contribution in [0.3, 0.4) is 0 Å². The minimum Gasteiger partial charge on any atom is -0.399 e. The van der Waals surface area contributed by atoms with Crippen molar-refractivity contribution in [3.8, 4) is 11.3 Å². The van der Waals surface area contributed by atoms with Gasteiger partial charge in [-0.3, -0.25) is 0 Å². The van der Waals surface area contributed by atoms with Crippen molar-refractivity contribution < 1.29 is 0 Å². The van der Waals surface area contributed by atoms with E-state index >= 15 is 0 Å². The van der Waals surface area contributed by atoms with Gasteiger partial charge in [0.15, 0.2) is 0 Å². The predicted octanol–water partition coefficient (Wildman–Crippen LogP) is 3.42. The van der Waals surface area contributed by atoms with Crippen molar-refractivity contribution in [2.45, 2.75) is 6.92 Å². The number of fused-ring (bicyclic) bond motifs is 1. The van der Waals surface area contributed by atoms with Gasteiger partial charge in [-0.15, -0.1) is 0 Å². The molecule has 0 radical (unpaired) electrons. The molecule has 0 amide bonds. The highest BCUT2D eigenvalue weighted by atomic mass is 35.5. The molecular weight excluding hydrogens is 272 g/mol. The molecule has 0 aliphatic heterocycles. The first kappa shape index (κ1) is 12.7. The zero-order chi connectivity index (χ0) is 14.3. The number of halogens is 1. The van der Waals surface area contributed by atoms with E-state index in [1.165, 1.54) is 0 Å². The molecule has 0 aliphatic rings. The lowest BCUT2D eigenvalue weighted by molar-refractivity contribution is 1.24. The Hall–Kier alpha value is -2.33. The Morgan fingerprint density at radius 2 is 1.80 bits per heavy atom. The molecule has 0 spiro atoms. The molecule has 0 unspecified atom stereocenters. The SMILES string of the molecule is Cc1ccc2c(-c3cc(N)cc(Cl)c3)nc(N)nc2c1. The number of hydrogen-bond donors (Lipinski definition) is 2. The van der Waals surface area contributed by atoms with Crippen molar-refractivity contribution in [3.05, 3.63) is 47.0 Å². The van der Waals surface area contributed by atoms with Crippen LogP contribution in [0.25, 0.3) is 22.2 Å². The molecule has 5 heteroatoms. The highest BCUT2D eigenvalue weighted by Crippen LogP contribution is 2.30. The number of aryl methyl sites for hydroxylation is 1. The largest absolute Gasteiger partial charge is 0.399 e. The van der Waals surface area contributed by atoms with Gasteiger partial charge in [-0.05, 0) is 36.8 Å². The van der Waals surface area contributed by atoms with Gasteiger partial charge in [0.1, 0.15) is 0 Å². The summed E-state index contributed by atoms with van der Waals surface area (Å²) in [5.74, 6) is 0.233. The maximum atomic E-state index is 6.06. The van der Waals surface area contributed by atoms with Crippen LogP contribution in [-0.2, 0) is 0 Å². The molecular formula is C15H13ClN4. The molecule has 4 N–H and O–H groups in total. The van der Waals surface area contributed by atoms with Gasteiger partial charge in [0.2, 0.25) is 5.95 Å². The maximum absolute atomic E-state index is 6.06. The van der Waals surface area contributed by atoms with Gasteiger partial charge in [0.05, 0.1) is 11.2 Å². The number of anilines is 2. The van der Waals surface area contributed by atoms with E-state index in [1.807, 2.05) is 37.3 Å². The third-order valence-corrected chi connectivity index (χ3v) is 3.28. The number of benzene rings is 2. The van der Waals surface area contributed by atoms with Crippen LogP contribution in [0.2, 0.25) is 5.02 Å². The number of rotatable bonds is 1. The lowest BCUT2D eigenvalue weighted by Crippen LogP contribution is -1.99. The lowest BCUT2D eigenvalue weighted by Gasteiger charge is -2.09. The Labute approximate surface area is 121 Å². The average Bonchev–Trinajstić information content (AvgIpc) is 2.36. The van der Waals surface area contributed by atoms with E-state index in [-0.39, 0.29) is 5.95 Å². The molecule has 3 rings (SSSR count). The van der Waals surface area contributed by atoms with Gasteiger partial charge in [0, 0.05) is 21.7 Å². The van der Waals surface area contributed by atoms with Crippen molar-refractivity contribution in [2.75, 3.05) is 11.5 Å². The fraction of sp³-hybridized carbons (Fsp3) is 0.0667. The van der Waals surface area contributed by atoms with E-state index in [0.717, 1.165) is 27.7 Å². The Bertz CT molecular complexity index is 789. The summed E-state index contributed by atoms with van der Waals surface area (Å²) in [4.78, 5) is 8.61. The van der Waals surface area contributed by atoms with Gasteiger partial charge in [0.25, 0.3) is 0 Å². The number of hydrogen-bond acceptors (Lipinski definition) is 4. The molecule has 0 saturated heterocycles. The van der Waals surface area contributed by atoms with Crippen molar-refractivity contribution in [1.82, 2.24) is 9.97 Å². The number of nitrogens with two attached hydrogens (primary N) is 2. The van der Waals surface area contributed by atoms with E-state index in [0.29, 0.717) is 10.7 Å². The molecule has 0 aliphatic carbocycles. The van der Waals surface area contributed by atoms with Crippen LogP contribution in [0, 0.1) is 6.92 Å². The van der Waals surface area contributed by atoms with Crippen molar-refractivity contribution in [1.29, 1.82) is 0 Å². The van der Waals surface area contributed by atoms with Crippen LogP contribution in [0.15, 0.2) is 36.4 Å². The summed E-state index contributed by atoms with van der Waals surface area (Å²) >= 11 is 6.06. The molecule has 2 aromatic carbocycles. The minimum atomic E-state index is 0.233. The zero-order valence-electron chi connectivity index (χ0n) is 10.9. The van der Waals surface area contributed by atoms with Crippen LogP contribution in [0.5, 0.6) is 0 Å². The van der Waals surface area contributed by atoms with Gasteiger partial charge in [-0.1, -0.05) is 23.7 Å². The fourth-order valence-corrected chi connectivity index (χ4v) is 2.47. The summed E-state index contributed by atoms with van der Waals surface area (Å²) in [6, 6.07) is 11.3. The zero-order valence-corrected chi connectivity index (χ0v) is 11.6. The maximum Gasteiger partial charge on any atom is 0.221 e. The molecule has 0 fully saturated rings. The molecule has 20 heavy (non-hydrogen) atoms. The molecule has 1 aromatic heterocycles. The third-order valence-electron chi connectivity index (χ3n) is 3.06. The molecule has 0 saturated carbocycles. The van der Waals surface area contributed by atoms with Crippen LogP contribution < -0.4 is 11.5 Å². The molecule has 1 heterocycles. The second kappa shape index (κ2) is 4.65. The fourth-order valence-electron chi connectivity index (χ4n) is 2.23. The van der Waals surface area contributed by atoms with Gasteiger partial charge in [-0.25, -0.2) is 9.97 Å². The molecule has 0 atom stereocenters. The van der Waals surface area contributed by atoms with Crippen molar-refractivity contribution in [2.24, 2.45) is 0 Å². The van der Waals surface area contributed by atoms with Crippen LogP contribution in [0.4, 0.5) is 11.6 Å². The predicted molar refractivity (Wildman–Crippen MR) is 83.5 cm³/mol. The number of nitrogen functional groups attached to an aromatic ring is 2. The number of nitrogens with zero attached hydrogens (tertiary/aromatic N) is 2. The molecule has 3 aromatic rings. The van der Waals surface area contributed by atoms with Crippen LogP contribution in [-0.4, -0.2) is 9.97 Å². The summed E-state index contributed by atoms with van der Waals surface area (Å²) in [5, 5.41) is 1.49. The third kappa shape index (κ3) is 2.26. The molecule has 0 bridgehead atoms. The van der Waals surface area contributed by atoms with E-state index < -0.39 is 0 Å². The Morgan fingerprint density at radius 1 is 1.00 bits per heavy atom. The first-order valence-corrected chi connectivity index (χ1v) is 6.51. The minimum absolute atomic E-state index is 0.233. The second-order valence-corrected chi connectivity index (χ2v) is 5.16. The average molecular weight is 285 g/mol. The molecule has 4 nitrogen and oxygen atoms in total.